The Hall–Kier alpha value is -1.58. The number of aromatic nitrogens is 3. The molecule has 1 aliphatic rings. The van der Waals surface area contributed by atoms with Crippen LogP contribution in [0.5, 0.6) is 0 Å². The Morgan fingerprint density at radius 3 is 3.31 bits per heavy atom. The third-order valence-corrected chi connectivity index (χ3v) is 2.49. The van der Waals surface area contributed by atoms with Crippen molar-refractivity contribution < 1.29 is 0 Å². The third-order valence-electron chi connectivity index (χ3n) is 2.49. The molecule has 0 aliphatic carbocycles. The van der Waals surface area contributed by atoms with Crippen molar-refractivity contribution in [3.05, 3.63) is 28.3 Å². The number of fused-ring (bicyclic) bond motifs is 3. The van der Waals surface area contributed by atoms with Crippen LogP contribution in [0.2, 0.25) is 0 Å². The van der Waals surface area contributed by atoms with Crippen LogP contribution in [0.25, 0.3) is 11.2 Å². The van der Waals surface area contributed by atoms with Gasteiger partial charge in [0.25, 0.3) is 0 Å². The summed E-state index contributed by atoms with van der Waals surface area (Å²) in [4.78, 5) is 18.3. The monoisotopic (exact) mass is 175 g/mol. The summed E-state index contributed by atoms with van der Waals surface area (Å²) in [5.74, 6) is 1.09. The third kappa shape index (κ3) is 0.854. The van der Waals surface area contributed by atoms with Crippen LogP contribution in [0, 0.1) is 0 Å². The SMILES string of the molecule is O=c1ccc2nc3n(c2[nH]1)CCC3. The van der Waals surface area contributed by atoms with E-state index in [0.717, 1.165) is 36.4 Å². The number of nitrogens with zero attached hydrogens (tertiary/aromatic N) is 2. The molecule has 1 aliphatic heterocycles. The minimum Gasteiger partial charge on any atom is -0.314 e. The number of imidazole rings is 1. The molecular formula is C9H9N3O. The molecule has 4 nitrogen and oxygen atoms in total. The van der Waals surface area contributed by atoms with Crippen LogP contribution in [-0.4, -0.2) is 14.5 Å². The topological polar surface area (TPSA) is 50.7 Å². The number of pyridine rings is 1. The van der Waals surface area contributed by atoms with E-state index in [9.17, 15) is 4.79 Å². The first-order valence-corrected chi connectivity index (χ1v) is 4.43. The first kappa shape index (κ1) is 6.88. The van der Waals surface area contributed by atoms with Crippen molar-refractivity contribution in [1.29, 1.82) is 0 Å². The maximum atomic E-state index is 11.1. The van der Waals surface area contributed by atoms with Crippen LogP contribution in [-0.2, 0) is 13.0 Å². The van der Waals surface area contributed by atoms with E-state index in [1.807, 2.05) is 0 Å². The molecule has 0 fully saturated rings. The lowest BCUT2D eigenvalue weighted by molar-refractivity contribution is 0.763. The van der Waals surface area contributed by atoms with Gasteiger partial charge >= 0.3 is 0 Å². The van der Waals surface area contributed by atoms with E-state index in [4.69, 9.17) is 0 Å². The lowest BCUT2D eigenvalue weighted by Gasteiger charge is -1.95. The zero-order valence-electron chi connectivity index (χ0n) is 7.08. The Morgan fingerprint density at radius 2 is 2.38 bits per heavy atom. The lowest BCUT2D eigenvalue weighted by atomic mass is 10.3. The standard InChI is InChI=1S/C9H9N3O/c13-8-4-3-6-9(11-8)12-5-1-2-7(12)10-6/h3-4H,1-2,5H2,(H,11,13). The summed E-state index contributed by atoms with van der Waals surface area (Å²) >= 11 is 0. The smallest absolute Gasteiger partial charge is 0.249 e. The van der Waals surface area contributed by atoms with Crippen LogP contribution < -0.4 is 5.56 Å². The van der Waals surface area contributed by atoms with Crippen molar-refractivity contribution >= 4 is 11.2 Å². The van der Waals surface area contributed by atoms with Crippen molar-refractivity contribution in [2.75, 3.05) is 0 Å². The molecule has 2 aromatic heterocycles. The van der Waals surface area contributed by atoms with Crippen molar-refractivity contribution in [3.63, 3.8) is 0 Å². The van der Waals surface area contributed by atoms with Gasteiger partial charge < -0.3 is 9.55 Å². The van der Waals surface area contributed by atoms with E-state index in [1.165, 1.54) is 6.07 Å². The van der Waals surface area contributed by atoms with Gasteiger partial charge in [0.15, 0.2) is 0 Å². The predicted octanol–water partition coefficient (Wildman–Crippen LogP) is 0.671. The molecule has 0 atom stereocenters. The van der Waals surface area contributed by atoms with Crippen LogP contribution in [0.4, 0.5) is 0 Å². The Bertz CT molecular complexity index is 523. The summed E-state index contributed by atoms with van der Waals surface area (Å²) in [5.41, 5.74) is 1.72. The number of hydrogen-bond acceptors (Lipinski definition) is 2. The summed E-state index contributed by atoms with van der Waals surface area (Å²) < 4.78 is 2.09. The molecular weight excluding hydrogens is 166 g/mol. The molecule has 1 N–H and O–H groups in total. The number of aryl methyl sites for hydroxylation is 2. The second kappa shape index (κ2) is 2.22. The Morgan fingerprint density at radius 1 is 1.46 bits per heavy atom. The average Bonchev–Trinajstić information content (AvgIpc) is 2.64. The van der Waals surface area contributed by atoms with Crippen LogP contribution >= 0.6 is 0 Å². The predicted molar refractivity (Wildman–Crippen MR) is 48.7 cm³/mol. The van der Waals surface area contributed by atoms with Gasteiger partial charge in [0.05, 0.1) is 0 Å². The molecule has 0 saturated carbocycles. The Labute approximate surface area is 74.2 Å². The summed E-state index contributed by atoms with van der Waals surface area (Å²) in [5, 5.41) is 0. The van der Waals surface area contributed by atoms with Gasteiger partial charge in [0, 0.05) is 19.0 Å². The largest absolute Gasteiger partial charge is 0.314 e. The van der Waals surface area contributed by atoms with E-state index in [0.29, 0.717) is 0 Å². The molecule has 13 heavy (non-hydrogen) atoms. The van der Waals surface area contributed by atoms with E-state index in [2.05, 4.69) is 14.5 Å². The maximum Gasteiger partial charge on any atom is 0.249 e. The van der Waals surface area contributed by atoms with E-state index in [1.54, 1.807) is 6.07 Å². The van der Waals surface area contributed by atoms with Gasteiger partial charge in [-0.3, -0.25) is 4.79 Å². The molecule has 0 spiro atoms. The molecule has 66 valence electrons. The molecule has 2 aromatic rings. The zero-order chi connectivity index (χ0) is 8.84. The van der Waals surface area contributed by atoms with Crippen LogP contribution in [0.3, 0.4) is 0 Å². The number of H-pyrrole nitrogens is 1. The van der Waals surface area contributed by atoms with Crippen molar-refractivity contribution in [1.82, 2.24) is 14.5 Å². The number of aromatic amines is 1. The second-order valence-electron chi connectivity index (χ2n) is 3.34. The fourth-order valence-electron chi connectivity index (χ4n) is 1.91. The lowest BCUT2D eigenvalue weighted by Crippen LogP contribution is -2.05. The molecule has 0 aromatic carbocycles. The molecule has 0 saturated heterocycles. The average molecular weight is 175 g/mol. The minimum absolute atomic E-state index is 0.0536. The number of rotatable bonds is 0. The second-order valence-corrected chi connectivity index (χ2v) is 3.34. The van der Waals surface area contributed by atoms with Crippen LogP contribution in [0.1, 0.15) is 12.2 Å². The highest BCUT2D eigenvalue weighted by Gasteiger charge is 2.15. The van der Waals surface area contributed by atoms with Gasteiger partial charge in [-0.25, -0.2) is 4.98 Å². The van der Waals surface area contributed by atoms with E-state index < -0.39 is 0 Å². The Balaban J connectivity index is 2.46. The normalized spacial score (nSPS) is 15.1. The molecule has 0 amide bonds. The first-order chi connectivity index (χ1) is 6.34. The van der Waals surface area contributed by atoms with E-state index in [-0.39, 0.29) is 5.56 Å². The summed E-state index contributed by atoms with van der Waals surface area (Å²) in [6, 6.07) is 3.30. The van der Waals surface area contributed by atoms with Gasteiger partial charge in [-0.05, 0) is 12.5 Å². The van der Waals surface area contributed by atoms with Crippen LogP contribution in [0.15, 0.2) is 16.9 Å². The first-order valence-electron chi connectivity index (χ1n) is 4.43. The van der Waals surface area contributed by atoms with Gasteiger partial charge in [-0.1, -0.05) is 0 Å². The molecule has 0 bridgehead atoms. The van der Waals surface area contributed by atoms with Crippen molar-refractivity contribution in [3.8, 4) is 0 Å². The summed E-state index contributed by atoms with van der Waals surface area (Å²) in [7, 11) is 0. The quantitative estimate of drug-likeness (QED) is 0.639. The van der Waals surface area contributed by atoms with Gasteiger partial charge in [-0.2, -0.15) is 0 Å². The number of nitrogens with one attached hydrogen (secondary N) is 1. The summed E-state index contributed by atoms with van der Waals surface area (Å²) in [6.07, 6.45) is 2.16. The molecule has 0 unspecified atom stereocenters. The zero-order valence-corrected chi connectivity index (χ0v) is 7.08. The molecule has 3 rings (SSSR count). The van der Waals surface area contributed by atoms with Crippen molar-refractivity contribution in [2.45, 2.75) is 19.4 Å². The molecule has 4 heteroatoms. The van der Waals surface area contributed by atoms with Gasteiger partial charge in [-0.15, -0.1) is 0 Å². The minimum atomic E-state index is -0.0536. The fourth-order valence-corrected chi connectivity index (χ4v) is 1.91. The molecule has 0 radical (unpaired) electrons. The highest BCUT2D eigenvalue weighted by Crippen LogP contribution is 2.19. The summed E-state index contributed by atoms with van der Waals surface area (Å²) in [6.45, 7) is 0.978. The maximum absolute atomic E-state index is 11.1. The highest BCUT2D eigenvalue weighted by atomic mass is 16.1. The van der Waals surface area contributed by atoms with E-state index >= 15 is 0 Å². The van der Waals surface area contributed by atoms with Crippen molar-refractivity contribution in [2.24, 2.45) is 0 Å². The fraction of sp³-hybridized carbons (Fsp3) is 0.333. The van der Waals surface area contributed by atoms with Gasteiger partial charge in [0.1, 0.15) is 17.0 Å². The molecule has 3 heterocycles. The van der Waals surface area contributed by atoms with Gasteiger partial charge in [0.2, 0.25) is 5.56 Å². The number of hydrogen-bond donors (Lipinski definition) is 1. The Kier molecular flexibility index (Phi) is 1.17. The highest BCUT2D eigenvalue weighted by molar-refractivity contribution is 5.71.